The average molecular weight is 324 g/mol. The highest BCUT2D eigenvalue weighted by atomic mass is 32.1. The number of carbonyl (C=O) groups is 1. The predicted octanol–water partition coefficient (Wildman–Crippen LogP) is 4.33. The van der Waals surface area contributed by atoms with Crippen LogP contribution in [0.15, 0.2) is 34.1 Å². The maximum Gasteiger partial charge on any atom is 0.344 e. The molecule has 1 aliphatic heterocycles. The summed E-state index contributed by atoms with van der Waals surface area (Å²) in [5, 5.41) is 18.2. The second kappa shape index (κ2) is 6.24. The molecule has 0 bridgehead atoms. The first-order chi connectivity index (χ1) is 10.8. The molecule has 23 heavy (non-hydrogen) atoms. The van der Waals surface area contributed by atoms with Crippen molar-refractivity contribution < 1.29 is 9.53 Å². The molecule has 4 nitrogen and oxygen atoms in total. The van der Waals surface area contributed by atoms with E-state index in [1.54, 1.807) is 23.5 Å². The lowest BCUT2D eigenvalue weighted by Gasteiger charge is -2.06. The minimum absolute atomic E-state index is 0.0685. The zero-order chi connectivity index (χ0) is 17.3. The van der Waals surface area contributed by atoms with Crippen LogP contribution in [-0.4, -0.2) is 5.97 Å². The molecule has 0 amide bonds. The van der Waals surface area contributed by atoms with Gasteiger partial charge < -0.3 is 4.74 Å². The molecule has 1 aromatic rings. The van der Waals surface area contributed by atoms with Crippen molar-refractivity contribution in [3.63, 3.8) is 0 Å². The van der Waals surface area contributed by atoms with E-state index in [4.69, 9.17) is 15.3 Å². The molecule has 1 saturated heterocycles. The van der Waals surface area contributed by atoms with E-state index in [-0.39, 0.29) is 11.3 Å². The normalized spacial score (nSPS) is 15.9. The maximum absolute atomic E-state index is 12.4. The highest BCUT2D eigenvalue weighted by molar-refractivity contribution is 7.12. The topological polar surface area (TPSA) is 73.9 Å². The summed E-state index contributed by atoms with van der Waals surface area (Å²) in [6, 6.07) is 5.64. The second-order valence-corrected chi connectivity index (χ2v) is 6.98. The zero-order valence-electron chi connectivity index (χ0n) is 13.7. The Morgan fingerprint density at radius 2 is 1.74 bits per heavy atom. The molecule has 0 unspecified atom stereocenters. The van der Waals surface area contributed by atoms with Gasteiger partial charge >= 0.3 is 5.97 Å². The molecule has 0 spiro atoms. The first kappa shape index (κ1) is 16.7. The number of allylic oxidation sites excluding steroid dienone is 4. The van der Waals surface area contributed by atoms with Gasteiger partial charge in [-0.1, -0.05) is 5.57 Å². The van der Waals surface area contributed by atoms with Crippen LogP contribution in [0.5, 0.6) is 0 Å². The number of nitrogens with zero attached hydrogens (tertiary/aromatic N) is 2. The molecule has 5 heteroatoms. The third kappa shape index (κ3) is 2.84. The first-order valence-corrected chi connectivity index (χ1v) is 7.86. The van der Waals surface area contributed by atoms with Crippen LogP contribution < -0.4 is 0 Å². The molecule has 2 rings (SSSR count). The van der Waals surface area contributed by atoms with Crippen LogP contribution >= 0.6 is 11.3 Å². The van der Waals surface area contributed by atoms with Crippen molar-refractivity contribution in [2.45, 2.75) is 34.6 Å². The Morgan fingerprint density at radius 3 is 2.17 bits per heavy atom. The second-order valence-electron chi connectivity index (χ2n) is 5.52. The van der Waals surface area contributed by atoms with Crippen molar-refractivity contribution in [3.8, 4) is 12.1 Å². The predicted molar refractivity (Wildman–Crippen MR) is 89.1 cm³/mol. The van der Waals surface area contributed by atoms with Gasteiger partial charge in [0.15, 0.2) is 11.3 Å². The fraction of sp³-hybridized carbons (Fsp3) is 0.278. The molecule has 1 fully saturated rings. The Morgan fingerprint density at radius 1 is 1.13 bits per heavy atom. The van der Waals surface area contributed by atoms with Gasteiger partial charge in [-0.25, -0.2) is 4.79 Å². The maximum atomic E-state index is 12.4. The molecule has 0 N–H and O–H groups in total. The third-order valence-corrected chi connectivity index (χ3v) is 4.61. The minimum atomic E-state index is -0.514. The molecular formula is C18H16N2O2S. The van der Waals surface area contributed by atoms with Crippen molar-refractivity contribution in [2.75, 3.05) is 0 Å². The number of rotatable bonds is 1. The number of aryl methyl sites for hydroxylation is 2. The van der Waals surface area contributed by atoms with Gasteiger partial charge in [-0.05, 0) is 51.8 Å². The molecule has 1 aliphatic rings. The lowest BCUT2D eigenvalue weighted by molar-refractivity contribution is -0.132. The van der Waals surface area contributed by atoms with Crippen LogP contribution in [0, 0.1) is 36.5 Å². The largest absolute Gasteiger partial charge is 0.420 e. The van der Waals surface area contributed by atoms with Crippen LogP contribution in [0.25, 0.3) is 5.57 Å². The molecule has 0 aromatic carbocycles. The molecule has 116 valence electrons. The Bertz CT molecular complexity index is 863. The van der Waals surface area contributed by atoms with Crippen LogP contribution in [0.2, 0.25) is 0 Å². The van der Waals surface area contributed by atoms with Crippen LogP contribution in [0.3, 0.4) is 0 Å². The Hall–Kier alpha value is -2.63. The van der Waals surface area contributed by atoms with Crippen LogP contribution in [-0.2, 0) is 9.53 Å². The molecule has 0 saturated carbocycles. The molecule has 0 atom stereocenters. The van der Waals surface area contributed by atoms with Crippen LogP contribution in [0.4, 0.5) is 0 Å². The van der Waals surface area contributed by atoms with E-state index in [2.05, 4.69) is 0 Å². The summed E-state index contributed by atoms with van der Waals surface area (Å²) in [5.74, 6) is -0.445. The number of nitriles is 2. The van der Waals surface area contributed by atoms with E-state index >= 15 is 0 Å². The van der Waals surface area contributed by atoms with Gasteiger partial charge in [0.25, 0.3) is 0 Å². The van der Waals surface area contributed by atoms with Gasteiger partial charge in [-0.2, -0.15) is 10.5 Å². The Labute approximate surface area is 139 Å². The third-order valence-electron chi connectivity index (χ3n) is 3.65. The van der Waals surface area contributed by atoms with Crippen molar-refractivity contribution in [1.82, 2.24) is 0 Å². The number of cyclic esters (lactones) is 1. The minimum Gasteiger partial charge on any atom is -0.420 e. The summed E-state index contributed by atoms with van der Waals surface area (Å²) < 4.78 is 5.26. The van der Waals surface area contributed by atoms with Crippen LogP contribution in [0.1, 0.15) is 36.1 Å². The van der Waals surface area contributed by atoms with Crippen molar-refractivity contribution in [2.24, 2.45) is 0 Å². The monoisotopic (exact) mass is 324 g/mol. The Balaban J connectivity index is 2.80. The fourth-order valence-corrected chi connectivity index (χ4v) is 3.65. The first-order valence-electron chi connectivity index (χ1n) is 7.05. The number of carbonyl (C=O) groups excluding carboxylic acids is 1. The van der Waals surface area contributed by atoms with E-state index in [1.165, 1.54) is 0 Å². The lowest BCUT2D eigenvalue weighted by Crippen LogP contribution is -1.99. The van der Waals surface area contributed by atoms with Crippen molar-refractivity contribution in [1.29, 1.82) is 10.5 Å². The van der Waals surface area contributed by atoms with E-state index in [0.29, 0.717) is 11.1 Å². The average Bonchev–Trinajstić information content (AvgIpc) is 2.99. The van der Waals surface area contributed by atoms with E-state index in [9.17, 15) is 4.79 Å². The highest BCUT2D eigenvalue weighted by Gasteiger charge is 2.36. The van der Waals surface area contributed by atoms with Gasteiger partial charge in [0.05, 0.1) is 5.57 Å². The van der Waals surface area contributed by atoms with Gasteiger partial charge in [-0.15, -0.1) is 11.3 Å². The summed E-state index contributed by atoms with van der Waals surface area (Å²) in [6.45, 7) is 9.57. The summed E-state index contributed by atoms with van der Waals surface area (Å²) >= 11 is 1.66. The summed E-state index contributed by atoms with van der Waals surface area (Å²) in [6.07, 6.45) is 0. The van der Waals surface area contributed by atoms with Crippen molar-refractivity contribution >= 4 is 22.9 Å². The van der Waals surface area contributed by atoms with Gasteiger partial charge in [0, 0.05) is 15.3 Å². The molecule has 0 aliphatic carbocycles. The summed E-state index contributed by atoms with van der Waals surface area (Å²) in [7, 11) is 0. The van der Waals surface area contributed by atoms with Crippen molar-refractivity contribution in [3.05, 3.63) is 49.4 Å². The quantitative estimate of drug-likeness (QED) is 0.438. The standard InChI is InChI=1S/C18H16N2O2S/c1-9(2)15-16(11(4)14-6-10(3)23-12(14)5)18(21)22-17(15)13(7-19)8-20/h6H,1-5H3/b16-11+. The fourth-order valence-electron chi connectivity index (χ4n) is 2.67. The van der Waals surface area contributed by atoms with Gasteiger partial charge in [0.2, 0.25) is 0 Å². The number of hydrogen-bond donors (Lipinski definition) is 0. The number of hydrogen-bond acceptors (Lipinski definition) is 5. The molecule has 2 heterocycles. The smallest absolute Gasteiger partial charge is 0.344 e. The highest BCUT2D eigenvalue weighted by Crippen LogP contribution is 2.40. The summed E-state index contributed by atoms with van der Waals surface area (Å²) in [5.41, 5.74) is 3.43. The van der Waals surface area contributed by atoms with Gasteiger partial charge in [0.1, 0.15) is 12.1 Å². The molecular weight excluding hydrogens is 308 g/mol. The van der Waals surface area contributed by atoms with E-state index < -0.39 is 5.97 Å². The number of esters is 1. The summed E-state index contributed by atoms with van der Waals surface area (Å²) in [4.78, 5) is 14.7. The lowest BCUT2D eigenvalue weighted by atomic mass is 9.93. The Kier molecular flexibility index (Phi) is 4.54. The zero-order valence-corrected chi connectivity index (χ0v) is 14.5. The molecule has 1 aromatic heterocycles. The number of ether oxygens (including phenoxy) is 1. The van der Waals surface area contributed by atoms with E-state index in [1.807, 2.05) is 40.7 Å². The van der Waals surface area contributed by atoms with E-state index in [0.717, 1.165) is 26.5 Å². The molecule has 0 radical (unpaired) electrons. The van der Waals surface area contributed by atoms with Gasteiger partial charge in [-0.3, -0.25) is 0 Å². The SMILES string of the molecule is CC(C)=C1C(=C(C#N)C#N)OC(=O)/C1=C(\C)c1cc(C)sc1C. The number of thiophene rings is 1.